The summed E-state index contributed by atoms with van der Waals surface area (Å²) in [5.41, 5.74) is 3.27. The molecule has 42 heavy (non-hydrogen) atoms. The van der Waals surface area contributed by atoms with Crippen LogP contribution in [0.15, 0.2) is 71.5 Å². The van der Waals surface area contributed by atoms with E-state index in [4.69, 9.17) is 9.47 Å². The van der Waals surface area contributed by atoms with Gasteiger partial charge in [-0.15, -0.1) is 0 Å². The predicted molar refractivity (Wildman–Crippen MR) is 159 cm³/mol. The zero-order valence-corrected chi connectivity index (χ0v) is 23.4. The number of nitrogens with one attached hydrogen (secondary N) is 3. The molecule has 0 radical (unpaired) electrons. The number of nitrogens with zero attached hydrogens (tertiary/aromatic N) is 2. The van der Waals surface area contributed by atoms with Gasteiger partial charge in [0.25, 0.3) is 5.91 Å². The monoisotopic (exact) mass is 567 g/mol. The maximum Gasteiger partial charge on any atom is 0.345 e. The Morgan fingerprint density at radius 3 is 2.62 bits per heavy atom. The third-order valence-corrected chi connectivity index (χ3v) is 7.88. The van der Waals surface area contributed by atoms with E-state index in [1.54, 1.807) is 43.5 Å². The number of H-pyrrole nitrogens is 1. The standard InChI is InChI=1S/C32H33N5O5/c1-41-15-16-42-23-8-9-24-27(18-23)35-32(40)36-29(24)28-25-17-21(7-10-26(25)34-31(28)39)30(38)33-22-11-13-37(14-12-22)19-20-5-3-2-4-6-20/h2-10,17-18,22,28H,11-16,19H2,1H3,(H,33,38)(H,34,39)(H,35,36,40). The van der Waals surface area contributed by atoms with Crippen LogP contribution in [0.2, 0.25) is 0 Å². The molecule has 216 valence electrons. The van der Waals surface area contributed by atoms with Gasteiger partial charge < -0.3 is 25.1 Å². The summed E-state index contributed by atoms with van der Waals surface area (Å²) in [6, 6.07) is 20.9. The van der Waals surface area contributed by atoms with Gasteiger partial charge in [0.05, 0.1) is 12.1 Å². The van der Waals surface area contributed by atoms with E-state index in [1.807, 2.05) is 6.07 Å². The largest absolute Gasteiger partial charge is 0.491 e. The number of aromatic amines is 1. The predicted octanol–water partition coefficient (Wildman–Crippen LogP) is 3.43. The molecule has 3 aromatic carbocycles. The number of amides is 2. The molecular formula is C32H33N5O5. The number of benzene rings is 3. The average molecular weight is 568 g/mol. The Morgan fingerprint density at radius 1 is 1.02 bits per heavy atom. The SMILES string of the molecule is COCCOc1ccc2c(C3C(=O)Nc4ccc(C(=O)NC5CCN(Cc6ccccc6)CC5)cc43)[nH]c(=O)nc2c1. The fourth-order valence-electron chi connectivity index (χ4n) is 5.75. The molecule has 0 aliphatic carbocycles. The quantitative estimate of drug-likeness (QED) is 0.265. The molecule has 3 heterocycles. The number of likely N-dealkylation sites (tertiary alicyclic amines) is 1. The van der Waals surface area contributed by atoms with Crippen molar-refractivity contribution in [2.75, 3.05) is 38.7 Å². The lowest BCUT2D eigenvalue weighted by Gasteiger charge is -2.32. The fraction of sp³-hybridized carbons (Fsp3) is 0.312. The van der Waals surface area contributed by atoms with Crippen molar-refractivity contribution >= 4 is 28.4 Å². The van der Waals surface area contributed by atoms with Gasteiger partial charge in [0.1, 0.15) is 18.3 Å². The lowest BCUT2D eigenvalue weighted by atomic mass is 9.92. The number of anilines is 1. The number of ether oxygens (including phenoxy) is 2. The molecule has 1 unspecified atom stereocenters. The van der Waals surface area contributed by atoms with Gasteiger partial charge in [-0.25, -0.2) is 4.79 Å². The minimum absolute atomic E-state index is 0.0779. The number of aromatic nitrogens is 2. The van der Waals surface area contributed by atoms with Gasteiger partial charge in [-0.1, -0.05) is 30.3 Å². The lowest BCUT2D eigenvalue weighted by molar-refractivity contribution is -0.116. The lowest BCUT2D eigenvalue weighted by Crippen LogP contribution is -2.44. The minimum Gasteiger partial charge on any atom is -0.491 e. The summed E-state index contributed by atoms with van der Waals surface area (Å²) in [6.07, 6.45) is 1.74. The zero-order chi connectivity index (χ0) is 29.1. The molecule has 10 heteroatoms. The van der Waals surface area contributed by atoms with Crippen molar-refractivity contribution in [2.24, 2.45) is 0 Å². The molecule has 2 aliphatic heterocycles. The van der Waals surface area contributed by atoms with Crippen LogP contribution in [0, 0.1) is 0 Å². The first-order chi connectivity index (χ1) is 20.5. The van der Waals surface area contributed by atoms with Crippen molar-refractivity contribution in [1.29, 1.82) is 0 Å². The molecule has 10 nitrogen and oxygen atoms in total. The van der Waals surface area contributed by atoms with E-state index >= 15 is 0 Å². The number of rotatable bonds is 9. The number of hydrogen-bond acceptors (Lipinski definition) is 7. The number of hydrogen-bond donors (Lipinski definition) is 3. The van der Waals surface area contributed by atoms with Crippen LogP contribution in [0.4, 0.5) is 5.69 Å². The van der Waals surface area contributed by atoms with Crippen LogP contribution in [-0.4, -0.2) is 66.1 Å². The van der Waals surface area contributed by atoms with Gasteiger partial charge in [-0.05, 0) is 54.3 Å². The van der Waals surface area contributed by atoms with E-state index in [0.29, 0.717) is 52.4 Å². The van der Waals surface area contributed by atoms with E-state index in [0.717, 1.165) is 32.5 Å². The Hall–Kier alpha value is -4.54. The number of piperidine rings is 1. The first-order valence-electron chi connectivity index (χ1n) is 14.2. The van der Waals surface area contributed by atoms with Gasteiger partial charge in [-0.3, -0.25) is 14.5 Å². The highest BCUT2D eigenvalue weighted by Crippen LogP contribution is 2.39. The first kappa shape index (κ1) is 27.6. The second-order valence-electron chi connectivity index (χ2n) is 10.7. The van der Waals surface area contributed by atoms with Crippen LogP contribution in [0.25, 0.3) is 10.9 Å². The smallest absolute Gasteiger partial charge is 0.345 e. The normalized spacial score (nSPS) is 17.2. The summed E-state index contributed by atoms with van der Waals surface area (Å²) in [6.45, 7) is 3.50. The van der Waals surface area contributed by atoms with Gasteiger partial charge >= 0.3 is 5.69 Å². The number of methoxy groups -OCH3 is 1. The summed E-state index contributed by atoms with van der Waals surface area (Å²) >= 11 is 0. The third-order valence-electron chi connectivity index (χ3n) is 7.88. The van der Waals surface area contributed by atoms with E-state index in [9.17, 15) is 14.4 Å². The molecule has 1 fully saturated rings. The molecule has 0 bridgehead atoms. The fourth-order valence-corrected chi connectivity index (χ4v) is 5.75. The van der Waals surface area contributed by atoms with Crippen LogP contribution in [-0.2, 0) is 16.1 Å². The number of carbonyl (C=O) groups is 2. The first-order valence-corrected chi connectivity index (χ1v) is 14.2. The average Bonchev–Trinajstić information content (AvgIpc) is 3.33. The highest BCUT2D eigenvalue weighted by molar-refractivity contribution is 6.08. The molecule has 1 atom stereocenters. The summed E-state index contributed by atoms with van der Waals surface area (Å²) in [5, 5.41) is 6.70. The van der Waals surface area contributed by atoms with Crippen LogP contribution in [0.5, 0.6) is 5.75 Å². The third kappa shape index (κ3) is 5.90. The minimum atomic E-state index is -0.799. The van der Waals surface area contributed by atoms with Crippen LogP contribution < -0.4 is 21.1 Å². The summed E-state index contributed by atoms with van der Waals surface area (Å²) in [4.78, 5) is 48.3. The van der Waals surface area contributed by atoms with Crippen molar-refractivity contribution in [3.63, 3.8) is 0 Å². The summed E-state index contributed by atoms with van der Waals surface area (Å²) < 4.78 is 10.7. The van der Waals surface area contributed by atoms with Gasteiger partial charge in [0.15, 0.2) is 0 Å². The van der Waals surface area contributed by atoms with Gasteiger partial charge in [0, 0.05) is 61.2 Å². The second-order valence-corrected chi connectivity index (χ2v) is 10.7. The van der Waals surface area contributed by atoms with E-state index in [1.165, 1.54) is 5.56 Å². The van der Waals surface area contributed by atoms with Gasteiger partial charge in [0.2, 0.25) is 5.91 Å². The topological polar surface area (TPSA) is 126 Å². The zero-order valence-electron chi connectivity index (χ0n) is 23.4. The highest BCUT2D eigenvalue weighted by Gasteiger charge is 2.35. The van der Waals surface area contributed by atoms with E-state index in [-0.39, 0.29) is 17.9 Å². The Bertz CT molecular complexity index is 1660. The second kappa shape index (κ2) is 12.1. The summed E-state index contributed by atoms with van der Waals surface area (Å²) in [7, 11) is 1.59. The van der Waals surface area contributed by atoms with Crippen molar-refractivity contribution in [3.8, 4) is 5.75 Å². The van der Waals surface area contributed by atoms with Crippen LogP contribution >= 0.6 is 0 Å². The van der Waals surface area contributed by atoms with E-state index in [2.05, 4.69) is 49.8 Å². The molecule has 2 amide bonds. The molecule has 3 N–H and O–H groups in total. The maximum atomic E-state index is 13.3. The Balaban J connectivity index is 1.18. The molecule has 6 rings (SSSR count). The molecule has 4 aromatic rings. The molecule has 1 aromatic heterocycles. The molecule has 1 saturated heterocycles. The molecule has 0 spiro atoms. The van der Waals surface area contributed by atoms with Crippen molar-refractivity contribution in [1.82, 2.24) is 20.2 Å². The Labute approximate surface area is 243 Å². The van der Waals surface area contributed by atoms with E-state index < -0.39 is 11.6 Å². The van der Waals surface area contributed by atoms with Crippen molar-refractivity contribution in [3.05, 3.63) is 99.6 Å². The molecule has 2 aliphatic rings. The number of fused-ring (bicyclic) bond motifs is 2. The Kier molecular flexibility index (Phi) is 7.98. The number of carbonyl (C=O) groups excluding carboxylic acids is 2. The highest BCUT2D eigenvalue weighted by atomic mass is 16.5. The molecule has 0 saturated carbocycles. The van der Waals surface area contributed by atoms with Crippen molar-refractivity contribution in [2.45, 2.75) is 31.3 Å². The van der Waals surface area contributed by atoms with Crippen molar-refractivity contribution < 1.29 is 19.1 Å². The van der Waals surface area contributed by atoms with Gasteiger partial charge in [-0.2, -0.15) is 4.98 Å². The Morgan fingerprint density at radius 2 is 1.83 bits per heavy atom. The summed E-state index contributed by atoms with van der Waals surface area (Å²) in [5.74, 6) is -0.711. The molecular weight excluding hydrogens is 534 g/mol. The van der Waals surface area contributed by atoms with Crippen LogP contribution in [0.1, 0.15) is 45.9 Å². The maximum absolute atomic E-state index is 13.3. The van der Waals surface area contributed by atoms with Crippen LogP contribution in [0.3, 0.4) is 0 Å².